The maximum Gasteiger partial charge on any atom is 0.271 e. The van der Waals surface area contributed by atoms with E-state index in [0.29, 0.717) is 13.0 Å². The van der Waals surface area contributed by atoms with Crippen LogP contribution in [0.1, 0.15) is 15.9 Å². The van der Waals surface area contributed by atoms with Gasteiger partial charge in [0.15, 0.2) is 0 Å². The van der Waals surface area contributed by atoms with E-state index in [-0.39, 0.29) is 33.4 Å². The molecule has 0 saturated heterocycles. The molecule has 172 valence electrons. The zero-order valence-corrected chi connectivity index (χ0v) is 18.3. The Morgan fingerprint density at radius 3 is 2.33 bits per heavy atom. The summed E-state index contributed by atoms with van der Waals surface area (Å²) in [6.45, 7) is 0.318. The summed E-state index contributed by atoms with van der Waals surface area (Å²) in [7, 11) is -2.79. The number of nitro groups is 1. The molecular weight excluding hydrogens is 453 g/mol. The lowest BCUT2D eigenvalue weighted by Gasteiger charge is -2.12. The Bertz CT molecular complexity index is 1260. The molecule has 0 saturated carbocycles. The molecular formula is C22H20FN3O6S. The average Bonchev–Trinajstić information content (AvgIpc) is 2.80. The topological polar surface area (TPSA) is 128 Å². The van der Waals surface area contributed by atoms with Gasteiger partial charge >= 0.3 is 0 Å². The number of nitro benzene ring substituents is 1. The molecule has 0 atom stereocenters. The highest BCUT2D eigenvalue weighted by Gasteiger charge is 2.20. The lowest BCUT2D eigenvalue weighted by Crippen LogP contribution is -2.25. The number of halogens is 1. The molecule has 0 aromatic heterocycles. The Morgan fingerprint density at radius 2 is 1.73 bits per heavy atom. The highest BCUT2D eigenvalue weighted by molar-refractivity contribution is 7.92. The van der Waals surface area contributed by atoms with Crippen molar-refractivity contribution in [1.29, 1.82) is 0 Å². The Hall–Kier alpha value is -3.99. The fourth-order valence-corrected chi connectivity index (χ4v) is 4.01. The molecule has 1 amide bonds. The van der Waals surface area contributed by atoms with Gasteiger partial charge in [-0.1, -0.05) is 12.1 Å². The van der Waals surface area contributed by atoms with Crippen LogP contribution in [-0.2, 0) is 16.4 Å². The Balaban J connectivity index is 1.67. The SMILES string of the molecule is COc1ccc([N+](=O)[O-])cc1NS(=O)(=O)c1ccc(C(=O)NCCc2ccc(F)cc2)cc1. The molecule has 9 nitrogen and oxygen atoms in total. The minimum Gasteiger partial charge on any atom is -0.495 e. The summed E-state index contributed by atoms with van der Waals surface area (Å²) in [6, 6.07) is 14.7. The molecule has 0 unspecified atom stereocenters. The lowest BCUT2D eigenvalue weighted by atomic mass is 10.1. The van der Waals surface area contributed by atoms with Crippen LogP contribution in [0.15, 0.2) is 71.6 Å². The van der Waals surface area contributed by atoms with Crippen molar-refractivity contribution in [1.82, 2.24) is 5.32 Å². The molecule has 0 spiro atoms. The van der Waals surface area contributed by atoms with Crippen LogP contribution in [-0.4, -0.2) is 32.9 Å². The number of rotatable bonds is 9. The second-order valence-corrected chi connectivity index (χ2v) is 8.59. The maximum absolute atomic E-state index is 12.9. The molecule has 3 aromatic carbocycles. The van der Waals surface area contributed by atoms with Crippen molar-refractivity contribution in [3.63, 3.8) is 0 Å². The molecule has 0 aliphatic carbocycles. The van der Waals surface area contributed by atoms with Crippen LogP contribution in [0.3, 0.4) is 0 Å². The molecule has 2 N–H and O–H groups in total. The first-order valence-corrected chi connectivity index (χ1v) is 11.2. The van der Waals surface area contributed by atoms with Gasteiger partial charge < -0.3 is 10.1 Å². The maximum atomic E-state index is 12.9. The van der Waals surface area contributed by atoms with E-state index >= 15 is 0 Å². The lowest BCUT2D eigenvalue weighted by molar-refractivity contribution is -0.384. The van der Waals surface area contributed by atoms with Gasteiger partial charge in [-0.05, 0) is 54.4 Å². The number of hydrogen-bond acceptors (Lipinski definition) is 6. The highest BCUT2D eigenvalue weighted by Crippen LogP contribution is 2.30. The van der Waals surface area contributed by atoms with Crippen molar-refractivity contribution < 1.29 is 27.3 Å². The minimum atomic E-state index is -4.10. The van der Waals surface area contributed by atoms with E-state index in [1.165, 1.54) is 55.6 Å². The number of methoxy groups -OCH3 is 1. The minimum absolute atomic E-state index is 0.0886. The number of carbonyl (C=O) groups is 1. The standard InChI is InChI=1S/C22H20FN3O6S/c1-32-21-11-8-18(26(28)29)14-20(21)25-33(30,31)19-9-4-16(5-10-19)22(27)24-13-12-15-2-6-17(23)7-3-15/h2-11,14,25H,12-13H2,1H3,(H,24,27). The van der Waals surface area contributed by atoms with Crippen LogP contribution < -0.4 is 14.8 Å². The monoisotopic (exact) mass is 473 g/mol. The first-order chi connectivity index (χ1) is 15.7. The van der Waals surface area contributed by atoms with E-state index in [9.17, 15) is 27.7 Å². The summed E-state index contributed by atoms with van der Waals surface area (Å²) >= 11 is 0. The third kappa shape index (κ3) is 6.04. The van der Waals surface area contributed by atoms with Gasteiger partial charge in [0.25, 0.3) is 21.6 Å². The third-order valence-corrected chi connectivity index (χ3v) is 6.06. The summed E-state index contributed by atoms with van der Waals surface area (Å²) in [5, 5.41) is 13.7. The van der Waals surface area contributed by atoms with E-state index in [1.807, 2.05) is 0 Å². The van der Waals surface area contributed by atoms with Crippen molar-refractivity contribution in [3.8, 4) is 5.75 Å². The predicted octanol–water partition coefficient (Wildman–Crippen LogP) is 3.52. The molecule has 3 aromatic rings. The van der Waals surface area contributed by atoms with Crippen LogP contribution in [0.25, 0.3) is 0 Å². The Labute approximate surface area is 189 Å². The Morgan fingerprint density at radius 1 is 1.06 bits per heavy atom. The molecule has 3 rings (SSSR count). The fraction of sp³-hybridized carbons (Fsp3) is 0.136. The number of ether oxygens (including phenoxy) is 1. The highest BCUT2D eigenvalue weighted by atomic mass is 32.2. The van der Waals surface area contributed by atoms with E-state index in [4.69, 9.17) is 4.74 Å². The van der Waals surface area contributed by atoms with E-state index in [0.717, 1.165) is 11.6 Å². The van der Waals surface area contributed by atoms with Crippen molar-refractivity contribution >= 4 is 27.3 Å². The second kappa shape index (κ2) is 10.1. The van der Waals surface area contributed by atoms with Gasteiger partial charge in [-0.3, -0.25) is 19.6 Å². The zero-order valence-electron chi connectivity index (χ0n) is 17.4. The quantitative estimate of drug-likeness (QED) is 0.362. The number of non-ortho nitro benzene ring substituents is 1. The largest absolute Gasteiger partial charge is 0.495 e. The van der Waals surface area contributed by atoms with Crippen molar-refractivity contribution in [2.24, 2.45) is 0 Å². The van der Waals surface area contributed by atoms with Crippen LogP contribution in [0.5, 0.6) is 5.75 Å². The summed E-state index contributed by atoms with van der Waals surface area (Å²) in [6.07, 6.45) is 0.507. The predicted molar refractivity (Wildman–Crippen MR) is 119 cm³/mol. The van der Waals surface area contributed by atoms with Crippen LogP contribution in [0, 0.1) is 15.9 Å². The first kappa shape index (κ1) is 23.7. The number of carbonyl (C=O) groups excluding carboxylic acids is 1. The van der Waals surface area contributed by atoms with E-state index in [2.05, 4.69) is 10.0 Å². The van der Waals surface area contributed by atoms with Crippen LogP contribution >= 0.6 is 0 Å². The number of amides is 1. The molecule has 0 fully saturated rings. The second-order valence-electron chi connectivity index (χ2n) is 6.90. The summed E-state index contributed by atoms with van der Waals surface area (Å²) in [5.41, 5.74) is 0.720. The number of hydrogen-bond donors (Lipinski definition) is 2. The molecule has 33 heavy (non-hydrogen) atoms. The van der Waals surface area contributed by atoms with Crippen LogP contribution in [0.4, 0.5) is 15.8 Å². The number of anilines is 1. The first-order valence-electron chi connectivity index (χ1n) is 9.67. The third-order valence-electron chi connectivity index (χ3n) is 4.68. The van der Waals surface area contributed by atoms with Gasteiger partial charge in [-0.2, -0.15) is 0 Å². The summed E-state index contributed by atoms with van der Waals surface area (Å²) in [5.74, 6) is -0.619. The molecule has 11 heteroatoms. The Kier molecular flexibility index (Phi) is 7.23. The molecule has 0 bridgehead atoms. The summed E-state index contributed by atoms with van der Waals surface area (Å²) in [4.78, 5) is 22.5. The molecule has 0 heterocycles. The summed E-state index contributed by atoms with van der Waals surface area (Å²) < 4.78 is 45.7. The van der Waals surface area contributed by atoms with Crippen molar-refractivity contribution in [3.05, 3.63) is 93.8 Å². The number of sulfonamides is 1. The number of nitrogens with zero attached hydrogens (tertiary/aromatic N) is 1. The van der Waals surface area contributed by atoms with Gasteiger partial charge in [-0.15, -0.1) is 0 Å². The van der Waals surface area contributed by atoms with E-state index < -0.39 is 20.9 Å². The van der Waals surface area contributed by atoms with Crippen LogP contribution in [0.2, 0.25) is 0 Å². The molecule has 0 radical (unpaired) electrons. The molecule has 0 aliphatic heterocycles. The molecule has 0 aliphatic rings. The number of nitrogens with one attached hydrogen (secondary N) is 2. The average molecular weight is 473 g/mol. The van der Waals surface area contributed by atoms with Gasteiger partial charge in [-0.25, -0.2) is 12.8 Å². The normalized spacial score (nSPS) is 11.0. The zero-order chi connectivity index (χ0) is 24.0. The smallest absolute Gasteiger partial charge is 0.271 e. The van der Waals surface area contributed by atoms with E-state index in [1.54, 1.807) is 12.1 Å². The van der Waals surface area contributed by atoms with Gasteiger partial charge in [0, 0.05) is 24.2 Å². The van der Waals surface area contributed by atoms with Crippen molar-refractivity contribution in [2.45, 2.75) is 11.3 Å². The van der Waals surface area contributed by atoms with Gasteiger partial charge in [0.1, 0.15) is 11.6 Å². The fourth-order valence-electron chi connectivity index (χ4n) is 2.95. The number of benzene rings is 3. The van der Waals surface area contributed by atoms with Gasteiger partial charge in [0.05, 0.1) is 22.6 Å². The van der Waals surface area contributed by atoms with Gasteiger partial charge in [0.2, 0.25) is 0 Å². The van der Waals surface area contributed by atoms with Crippen molar-refractivity contribution in [2.75, 3.05) is 18.4 Å².